The Morgan fingerprint density at radius 1 is 1.17 bits per heavy atom. The van der Waals surface area contributed by atoms with Crippen molar-refractivity contribution in [2.75, 3.05) is 20.2 Å². The quantitative estimate of drug-likeness (QED) is 0.200. The second-order valence-corrected chi connectivity index (χ2v) is 13.7. The average Bonchev–Trinajstić information content (AvgIpc) is 3.14. The van der Waals surface area contributed by atoms with Crippen molar-refractivity contribution in [3.63, 3.8) is 0 Å². The molecule has 8 heteroatoms. The summed E-state index contributed by atoms with van der Waals surface area (Å²) in [6, 6.07) is 10.1. The molecule has 0 saturated heterocycles. The van der Waals surface area contributed by atoms with Crippen molar-refractivity contribution in [3.05, 3.63) is 53.3 Å². The maximum atomic E-state index is 14.4. The van der Waals surface area contributed by atoms with E-state index in [0.29, 0.717) is 29.2 Å². The molecule has 1 N–H and O–H groups in total. The van der Waals surface area contributed by atoms with Crippen molar-refractivity contribution in [1.82, 2.24) is 0 Å². The van der Waals surface area contributed by atoms with Crippen LogP contribution in [0.5, 0.6) is 17.2 Å². The molecule has 0 aliphatic carbocycles. The Balaban J connectivity index is 1.69. The highest BCUT2D eigenvalue weighted by atomic mass is 28.3. The summed E-state index contributed by atoms with van der Waals surface area (Å²) in [6.45, 7) is 7.39. The molecule has 1 heterocycles. The number of carboxylic acid groups (broad SMARTS) is 1. The van der Waals surface area contributed by atoms with Gasteiger partial charge in [-0.25, -0.2) is 9.18 Å². The summed E-state index contributed by atoms with van der Waals surface area (Å²) in [6.07, 6.45) is 1.40. The summed E-state index contributed by atoms with van der Waals surface area (Å²) >= 11 is 0. The first kappa shape index (κ1) is 21.9. The van der Waals surface area contributed by atoms with Gasteiger partial charge < -0.3 is 24.1 Å². The third-order valence-electron chi connectivity index (χ3n) is 4.48. The molecule has 160 valence electrons. The second-order valence-electron chi connectivity index (χ2n) is 8.10. The minimum Gasteiger partial charge on any atom is -0.478 e. The molecule has 0 saturated carbocycles. The maximum absolute atomic E-state index is 14.4. The van der Waals surface area contributed by atoms with E-state index in [1.165, 1.54) is 18.2 Å². The van der Waals surface area contributed by atoms with E-state index < -0.39 is 19.9 Å². The summed E-state index contributed by atoms with van der Waals surface area (Å²) in [5, 5.41) is 9.61. The van der Waals surface area contributed by atoms with Crippen molar-refractivity contribution in [2.45, 2.75) is 25.7 Å². The molecule has 0 radical (unpaired) electrons. The van der Waals surface area contributed by atoms with Gasteiger partial charge in [0.15, 0.2) is 29.9 Å². The number of benzene rings is 2. The molecule has 0 atom stereocenters. The molecule has 0 unspecified atom stereocenters. The molecular weight excluding hydrogens is 407 g/mol. The number of carbonyl (C=O) groups is 1. The van der Waals surface area contributed by atoms with Gasteiger partial charge in [-0.1, -0.05) is 31.8 Å². The summed E-state index contributed by atoms with van der Waals surface area (Å²) in [5.41, 5.74) is 0.842. The van der Waals surface area contributed by atoms with E-state index in [9.17, 15) is 14.3 Å². The van der Waals surface area contributed by atoms with Crippen molar-refractivity contribution in [2.24, 2.45) is 0 Å². The molecule has 2 aromatic rings. The number of hydrogen-bond acceptors (Lipinski definition) is 5. The largest absolute Gasteiger partial charge is 0.478 e. The lowest BCUT2D eigenvalue weighted by atomic mass is 10.0. The van der Waals surface area contributed by atoms with Crippen LogP contribution in [0.4, 0.5) is 4.39 Å². The number of carboxylic acids is 1. The fourth-order valence-electron chi connectivity index (χ4n) is 2.77. The van der Waals surface area contributed by atoms with Crippen LogP contribution in [0.2, 0.25) is 25.7 Å². The third-order valence-corrected chi connectivity index (χ3v) is 6.18. The van der Waals surface area contributed by atoms with Crippen LogP contribution in [0.1, 0.15) is 11.1 Å². The number of aliphatic carboxylic acids is 1. The minimum atomic E-state index is -1.19. The standard InChI is InChI=1S/C22H25FO6Si/c1-30(2,3)9-8-26-13-27-19-6-4-15(11-18(19)23)10-17(22(24)25)16-5-7-20-21(12-16)29-14-28-20/h4-7,10-12H,8-9,13-14H2,1-3H3,(H,24,25)/b17-10+. The highest BCUT2D eigenvalue weighted by Crippen LogP contribution is 2.35. The topological polar surface area (TPSA) is 74.2 Å². The second kappa shape index (κ2) is 9.31. The predicted octanol–water partition coefficient (Wildman–Crippen LogP) is 4.87. The van der Waals surface area contributed by atoms with E-state index in [1.807, 2.05) is 0 Å². The van der Waals surface area contributed by atoms with Crippen molar-refractivity contribution in [1.29, 1.82) is 0 Å². The first-order chi connectivity index (χ1) is 14.2. The molecular formula is C22H25FO6Si. The van der Waals surface area contributed by atoms with Gasteiger partial charge in [0.05, 0.1) is 5.57 Å². The van der Waals surface area contributed by atoms with Gasteiger partial charge >= 0.3 is 5.97 Å². The Morgan fingerprint density at radius 3 is 2.63 bits per heavy atom. The van der Waals surface area contributed by atoms with Gasteiger partial charge in [-0.2, -0.15) is 0 Å². The van der Waals surface area contributed by atoms with Gasteiger partial charge in [0.25, 0.3) is 0 Å². The molecule has 0 aromatic heterocycles. The fourth-order valence-corrected chi connectivity index (χ4v) is 3.52. The zero-order valence-electron chi connectivity index (χ0n) is 17.2. The van der Waals surface area contributed by atoms with E-state index in [2.05, 4.69) is 19.6 Å². The van der Waals surface area contributed by atoms with E-state index >= 15 is 0 Å². The summed E-state index contributed by atoms with van der Waals surface area (Å²) in [5.74, 6) is -0.634. The average molecular weight is 433 g/mol. The minimum absolute atomic E-state index is 0.0102. The van der Waals surface area contributed by atoms with Gasteiger partial charge in [-0.05, 0) is 47.5 Å². The van der Waals surface area contributed by atoms with Gasteiger partial charge in [-0.15, -0.1) is 0 Å². The number of halogens is 1. The molecule has 1 aliphatic rings. The molecule has 0 spiro atoms. The lowest BCUT2D eigenvalue weighted by molar-refractivity contribution is -0.130. The first-order valence-electron chi connectivity index (χ1n) is 9.58. The van der Waals surface area contributed by atoms with Crippen LogP contribution in [0.3, 0.4) is 0 Å². The summed E-state index contributed by atoms with van der Waals surface area (Å²) in [4.78, 5) is 11.8. The predicted molar refractivity (Wildman–Crippen MR) is 114 cm³/mol. The maximum Gasteiger partial charge on any atom is 0.336 e. The van der Waals surface area contributed by atoms with E-state index in [-0.39, 0.29) is 24.9 Å². The zero-order valence-corrected chi connectivity index (χ0v) is 18.2. The lowest BCUT2D eigenvalue weighted by Crippen LogP contribution is -2.22. The Bertz CT molecular complexity index is 951. The van der Waals surface area contributed by atoms with E-state index in [1.54, 1.807) is 24.3 Å². The number of rotatable bonds is 9. The van der Waals surface area contributed by atoms with E-state index in [0.717, 1.165) is 6.04 Å². The molecule has 0 bridgehead atoms. The van der Waals surface area contributed by atoms with Crippen LogP contribution in [-0.2, 0) is 9.53 Å². The summed E-state index contributed by atoms with van der Waals surface area (Å²) in [7, 11) is -1.19. The molecule has 3 rings (SSSR count). The van der Waals surface area contributed by atoms with Crippen LogP contribution in [0.15, 0.2) is 36.4 Å². The molecule has 0 amide bonds. The monoisotopic (exact) mass is 432 g/mol. The highest BCUT2D eigenvalue weighted by molar-refractivity contribution is 6.76. The van der Waals surface area contributed by atoms with Crippen LogP contribution in [-0.4, -0.2) is 39.3 Å². The van der Waals surface area contributed by atoms with Crippen LogP contribution in [0.25, 0.3) is 11.6 Å². The fraction of sp³-hybridized carbons (Fsp3) is 0.318. The number of ether oxygens (including phenoxy) is 4. The van der Waals surface area contributed by atoms with Gasteiger partial charge in [-0.3, -0.25) is 0 Å². The Hall–Kier alpha value is -2.84. The molecule has 1 aliphatic heterocycles. The smallest absolute Gasteiger partial charge is 0.336 e. The Labute approximate surface area is 175 Å². The normalized spacial score (nSPS) is 13.4. The number of fused-ring (bicyclic) bond motifs is 1. The highest BCUT2D eigenvalue weighted by Gasteiger charge is 2.18. The molecule has 6 nitrogen and oxygen atoms in total. The van der Waals surface area contributed by atoms with Gasteiger partial charge in [0.2, 0.25) is 6.79 Å². The van der Waals surface area contributed by atoms with Crippen molar-refractivity contribution < 1.29 is 33.2 Å². The van der Waals surface area contributed by atoms with Crippen LogP contribution in [0, 0.1) is 5.82 Å². The van der Waals surface area contributed by atoms with E-state index in [4.69, 9.17) is 18.9 Å². The van der Waals surface area contributed by atoms with Gasteiger partial charge in [0, 0.05) is 14.7 Å². The first-order valence-corrected chi connectivity index (χ1v) is 13.3. The molecule has 2 aromatic carbocycles. The third kappa shape index (κ3) is 5.84. The Morgan fingerprint density at radius 2 is 1.93 bits per heavy atom. The Kier molecular flexibility index (Phi) is 6.79. The number of hydrogen-bond donors (Lipinski definition) is 1. The van der Waals surface area contributed by atoms with Crippen LogP contribution >= 0.6 is 0 Å². The van der Waals surface area contributed by atoms with Crippen molar-refractivity contribution >= 4 is 25.7 Å². The van der Waals surface area contributed by atoms with Crippen LogP contribution < -0.4 is 14.2 Å². The summed E-state index contributed by atoms with van der Waals surface area (Å²) < 4.78 is 35.7. The van der Waals surface area contributed by atoms with Gasteiger partial charge in [0.1, 0.15) is 0 Å². The molecule has 30 heavy (non-hydrogen) atoms. The lowest BCUT2D eigenvalue weighted by Gasteiger charge is -2.15. The SMILES string of the molecule is C[Si](C)(C)CCOCOc1ccc(/C=C(/C(=O)O)c2ccc3c(c2)OCO3)cc1F. The van der Waals surface area contributed by atoms with Crippen molar-refractivity contribution in [3.8, 4) is 17.2 Å². The molecule has 0 fully saturated rings. The zero-order chi connectivity index (χ0) is 21.7.